The highest BCUT2D eigenvalue weighted by Crippen LogP contribution is 2.24. The van der Waals surface area contributed by atoms with Gasteiger partial charge in [-0.1, -0.05) is 24.3 Å². The minimum Gasteiger partial charge on any atom is -0.353 e. The van der Waals surface area contributed by atoms with Crippen molar-refractivity contribution >= 4 is 11.4 Å². The Bertz CT molecular complexity index is 660. The highest BCUT2D eigenvalue weighted by Gasteiger charge is 2.07. The third-order valence-electron chi connectivity index (χ3n) is 2.70. The summed E-state index contributed by atoms with van der Waals surface area (Å²) in [4.78, 5) is 0. The Morgan fingerprint density at radius 2 is 1.61 bits per heavy atom. The molecule has 86 valence electrons. The second-order valence-corrected chi connectivity index (χ2v) is 3.89. The van der Waals surface area contributed by atoms with E-state index < -0.39 is 0 Å². The smallest absolute Gasteiger partial charge is 0.102 e. The molecule has 0 radical (unpaired) electrons. The predicted molar refractivity (Wildman–Crippen MR) is 70.3 cm³/mol. The Morgan fingerprint density at radius 3 is 2.33 bits per heavy atom. The Morgan fingerprint density at radius 1 is 0.889 bits per heavy atom. The molecule has 0 saturated heterocycles. The molecular weight excluding hydrogens is 222 g/mol. The molecule has 0 spiro atoms. The summed E-state index contributed by atoms with van der Waals surface area (Å²) in [6.07, 6.45) is 0. The molecule has 0 unspecified atom stereocenters. The maximum absolute atomic E-state index is 9.15. The van der Waals surface area contributed by atoms with Gasteiger partial charge in [0, 0.05) is 0 Å². The Kier molecular flexibility index (Phi) is 3.27. The Labute approximate surface area is 106 Å². The Balaban J connectivity index is 2.45. The van der Waals surface area contributed by atoms with Crippen LogP contribution in [-0.2, 0) is 0 Å². The average molecular weight is 233 g/mol. The molecule has 0 aliphatic carbocycles. The lowest BCUT2D eigenvalue weighted by atomic mass is 10.1. The van der Waals surface area contributed by atoms with Gasteiger partial charge in [0.1, 0.15) is 12.1 Å². The normalized spacial score (nSPS) is 9.28. The fourth-order valence-electron chi connectivity index (χ4n) is 1.76. The van der Waals surface area contributed by atoms with Crippen molar-refractivity contribution in [3.63, 3.8) is 0 Å². The van der Waals surface area contributed by atoms with Gasteiger partial charge in [-0.15, -0.1) is 0 Å². The number of hydrogen-bond donors (Lipinski definition) is 1. The van der Waals surface area contributed by atoms with Gasteiger partial charge in [0.2, 0.25) is 0 Å². The maximum atomic E-state index is 9.15. The number of nitrogens with zero attached hydrogens (tertiary/aromatic N) is 2. The summed E-state index contributed by atoms with van der Waals surface area (Å²) in [5, 5.41) is 21.3. The lowest BCUT2D eigenvalue weighted by Gasteiger charge is -2.10. The molecule has 3 nitrogen and oxygen atoms in total. The SMILES string of the molecule is Cc1cccc(Nc2ccccc2C#N)c1C#N. The molecule has 0 aromatic heterocycles. The van der Waals surface area contributed by atoms with E-state index in [1.54, 1.807) is 6.07 Å². The summed E-state index contributed by atoms with van der Waals surface area (Å²) in [5.74, 6) is 0. The van der Waals surface area contributed by atoms with Crippen LogP contribution in [0, 0.1) is 29.6 Å². The van der Waals surface area contributed by atoms with Crippen LogP contribution >= 0.6 is 0 Å². The van der Waals surface area contributed by atoms with E-state index >= 15 is 0 Å². The van der Waals surface area contributed by atoms with Crippen molar-refractivity contribution in [3.8, 4) is 12.1 Å². The van der Waals surface area contributed by atoms with Crippen LogP contribution in [0.15, 0.2) is 42.5 Å². The summed E-state index contributed by atoms with van der Waals surface area (Å²) in [7, 11) is 0. The van der Waals surface area contributed by atoms with Gasteiger partial charge in [0.15, 0.2) is 0 Å². The van der Waals surface area contributed by atoms with Crippen LogP contribution in [0.3, 0.4) is 0 Å². The fraction of sp³-hybridized carbons (Fsp3) is 0.0667. The molecule has 0 saturated carbocycles. The fourth-order valence-corrected chi connectivity index (χ4v) is 1.76. The highest BCUT2D eigenvalue weighted by atomic mass is 14.9. The number of hydrogen-bond acceptors (Lipinski definition) is 3. The first-order valence-corrected chi connectivity index (χ1v) is 5.52. The van der Waals surface area contributed by atoms with Crippen molar-refractivity contribution in [2.24, 2.45) is 0 Å². The van der Waals surface area contributed by atoms with Gasteiger partial charge >= 0.3 is 0 Å². The summed E-state index contributed by atoms with van der Waals surface area (Å²) < 4.78 is 0. The molecule has 0 heterocycles. The molecule has 18 heavy (non-hydrogen) atoms. The molecule has 0 aliphatic rings. The zero-order valence-electron chi connectivity index (χ0n) is 9.94. The molecule has 0 fully saturated rings. The third kappa shape index (κ3) is 2.16. The van der Waals surface area contributed by atoms with Crippen molar-refractivity contribution in [2.45, 2.75) is 6.92 Å². The largest absolute Gasteiger partial charge is 0.353 e. The van der Waals surface area contributed by atoms with Crippen LogP contribution in [-0.4, -0.2) is 0 Å². The van der Waals surface area contributed by atoms with Crippen molar-refractivity contribution < 1.29 is 0 Å². The summed E-state index contributed by atoms with van der Waals surface area (Å²) in [5.41, 5.74) is 3.51. The van der Waals surface area contributed by atoms with Crippen molar-refractivity contribution in [1.29, 1.82) is 10.5 Å². The van der Waals surface area contributed by atoms with E-state index in [2.05, 4.69) is 17.5 Å². The first-order valence-electron chi connectivity index (χ1n) is 5.52. The molecule has 0 aliphatic heterocycles. The molecule has 1 N–H and O–H groups in total. The molecule has 2 rings (SSSR count). The lowest BCUT2D eigenvalue weighted by Crippen LogP contribution is -1.97. The van der Waals surface area contributed by atoms with Crippen molar-refractivity contribution in [1.82, 2.24) is 0 Å². The molecule has 3 heteroatoms. The van der Waals surface area contributed by atoms with E-state index in [1.807, 2.05) is 43.3 Å². The minimum atomic E-state index is 0.558. The predicted octanol–water partition coefficient (Wildman–Crippen LogP) is 3.48. The van der Waals surface area contributed by atoms with Crippen LogP contribution in [0.5, 0.6) is 0 Å². The summed E-state index contributed by atoms with van der Waals surface area (Å²) >= 11 is 0. The van der Waals surface area contributed by atoms with Crippen LogP contribution in [0.1, 0.15) is 16.7 Å². The highest BCUT2D eigenvalue weighted by molar-refractivity contribution is 5.71. The second-order valence-electron chi connectivity index (χ2n) is 3.89. The van der Waals surface area contributed by atoms with Gasteiger partial charge in [-0.2, -0.15) is 10.5 Å². The van der Waals surface area contributed by atoms with Gasteiger partial charge in [0.05, 0.1) is 22.5 Å². The molecule has 2 aromatic rings. The first kappa shape index (κ1) is 11.7. The first-order chi connectivity index (χ1) is 8.76. The quantitative estimate of drug-likeness (QED) is 0.863. The second kappa shape index (κ2) is 5.03. The number of aryl methyl sites for hydroxylation is 1. The number of anilines is 2. The zero-order chi connectivity index (χ0) is 13.0. The van der Waals surface area contributed by atoms with E-state index in [9.17, 15) is 0 Å². The van der Waals surface area contributed by atoms with Crippen LogP contribution < -0.4 is 5.32 Å². The molecule has 0 amide bonds. The lowest BCUT2D eigenvalue weighted by molar-refractivity contribution is 1.37. The standard InChI is InChI=1S/C15H11N3/c1-11-5-4-8-15(13(11)10-17)18-14-7-3-2-6-12(14)9-16/h2-8,18H,1H3. The molecule has 0 atom stereocenters. The van der Waals surface area contributed by atoms with Gasteiger partial charge in [-0.3, -0.25) is 0 Å². The maximum Gasteiger partial charge on any atom is 0.102 e. The van der Waals surface area contributed by atoms with E-state index in [0.717, 1.165) is 11.3 Å². The monoisotopic (exact) mass is 233 g/mol. The van der Waals surface area contributed by atoms with Crippen molar-refractivity contribution in [2.75, 3.05) is 5.32 Å². The summed E-state index contributed by atoms with van der Waals surface area (Å²) in [6, 6.07) is 17.1. The van der Waals surface area contributed by atoms with E-state index in [4.69, 9.17) is 10.5 Å². The number of para-hydroxylation sites is 1. The van der Waals surface area contributed by atoms with Gasteiger partial charge in [-0.25, -0.2) is 0 Å². The molecular formula is C15H11N3. The van der Waals surface area contributed by atoms with Crippen LogP contribution in [0.4, 0.5) is 11.4 Å². The Hall–Kier alpha value is -2.78. The average Bonchev–Trinajstić information content (AvgIpc) is 2.40. The topological polar surface area (TPSA) is 59.6 Å². The van der Waals surface area contributed by atoms with Gasteiger partial charge in [-0.05, 0) is 30.7 Å². The number of nitrogens with one attached hydrogen (secondary N) is 1. The molecule has 2 aromatic carbocycles. The number of rotatable bonds is 2. The van der Waals surface area contributed by atoms with E-state index in [-0.39, 0.29) is 0 Å². The number of nitriles is 2. The van der Waals surface area contributed by atoms with E-state index in [0.29, 0.717) is 16.8 Å². The van der Waals surface area contributed by atoms with Gasteiger partial charge in [0.25, 0.3) is 0 Å². The van der Waals surface area contributed by atoms with Gasteiger partial charge < -0.3 is 5.32 Å². The third-order valence-corrected chi connectivity index (χ3v) is 2.70. The number of benzene rings is 2. The minimum absolute atomic E-state index is 0.558. The summed E-state index contributed by atoms with van der Waals surface area (Å²) in [6.45, 7) is 1.89. The van der Waals surface area contributed by atoms with Crippen molar-refractivity contribution in [3.05, 3.63) is 59.2 Å². The van der Waals surface area contributed by atoms with Crippen LogP contribution in [0.2, 0.25) is 0 Å². The van der Waals surface area contributed by atoms with E-state index in [1.165, 1.54) is 0 Å². The molecule has 0 bridgehead atoms. The zero-order valence-corrected chi connectivity index (χ0v) is 9.94. The van der Waals surface area contributed by atoms with Crippen LogP contribution in [0.25, 0.3) is 0 Å².